The molecule has 3 aromatic carbocycles. The fourth-order valence-electron chi connectivity index (χ4n) is 4.54. The van der Waals surface area contributed by atoms with Crippen LogP contribution in [0.4, 0.5) is 34.1 Å². The Morgan fingerprint density at radius 1 is 0.478 bits per heavy atom. The molecule has 8 nitrogen and oxygen atoms in total. The lowest BCUT2D eigenvalue weighted by molar-refractivity contribution is -0.693. The van der Waals surface area contributed by atoms with Crippen LogP contribution in [0.15, 0.2) is 134 Å². The smallest absolute Gasteiger partial charge is 0.248 e. The Bertz CT molecular complexity index is 1660. The summed E-state index contributed by atoms with van der Waals surface area (Å²) in [5, 5.41) is 12.5. The molecule has 46 heavy (non-hydrogen) atoms. The van der Waals surface area contributed by atoms with Gasteiger partial charge in [-0.3, -0.25) is 9.59 Å². The van der Waals surface area contributed by atoms with Gasteiger partial charge in [0.05, 0.1) is 11.4 Å². The van der Waals surface area contributed by atoms with E-state index >= 15 is 0 Å². The lowest BCUT2D eigenvalue weighted by atomic mass is 10.1. The summed E-state index contributed by atoms with van der Waals surface area (Å²) in [5.74, 6) is -0.441. The van der Waals surface area contributed by atoms with Crippen molar-refractivity contribution in [3.63, 3.8) is 0 Å². The quantitative estimate of drug-likeness (QED) is 0.0897. The van der Waals surface area contributed by atoms with Crippen LogP contribution in [0.25, 0.3) is 12.2 Å². The van der Waals surface area contributed by atoms with E-state index < -0.39 is 0 Å². The summed E-state index contributed by atoms with van der Waals surface area (Å²) in [7, 11) is 0. The highest BCUT2D eigenvalue weighted by Crippen LogP contribution is 2.20. The zero-order valence-corrected chi connectivity index (χ0v) is 26.0. The van der Waals surface area contributed by atoms with Crippen molar-refractivity contribution in [2.45, 2.75) is 26.9 Å². The number of benzene rings is 3. The number of aromatic nitrogens is 2. The minimum atomic E-state index is -0.220. The van der Waals surface area contributed by atoms with Gasteiger partial charge >= 0.3 is 0 Å². The first-order chi connectivity index (χ1) is 22.4. The van der Waals surface area contributed by atoms with E-state index in [1.807, 2.05) is 122 Å². The molecule has 0 fully saturated rings. The number of nitrogens with zero attached hydrogens (tertiary/aromatic N) is 2. The number of carbonyl (C=O) groups is 2. The van der Waals surface area contributed by atoms with Gasteiger partial charge in [0.25, 0.3) is 0 Å². The Morgan fingerprint density at radius 3 is 1.11 bits per heavy atom. The second-order valence-corrected chi connectivity index (χ2v) is 10.6. The Balaban J connectivity index is 1.06. The molecule has 0 bridgehead atoms. The molecule has 0 unspecified atom stereocenters. The Labute approximate surface area is 269 Å². The molecule has 4 N–H and O–H groups in total. The molecular weight excluding hydrogens is 572 g/mol. The highest BCUT2D eigenvalue weighted by molar-refractivity contribution is 6.02. The third-order valence-corrected chi connectivity index (χ3v) is 7.19. The fraction of sp³-hybridized carbons (Fsp3) is 0.105. The lowest BCUT2D eigenvalue weighted by Crippen LogP contribution is -2.30. The van der Waals surface area contributed by atoms with Crippen molar-refractivity contribution in [2.24, 2.45) is 0 Å². The molecule has 2 aromatic heterocycles. The molecule has 230 valence electrons. The normalized spacial score (nSPS) is 11.0. The minimum absolute atomic E-state index is 0.220. The van der Waals surface area contributed by atoms with Crippen LogP contribution < -0.4 is 30.4 Å². The molecule has 0 aliphatic carbocycles. The van der Waals surface area contributed by atoms with Crippen molar-refractivity contribution in [1.82, 2.24) is 0 Å². The average molecular weight is 611 g/mol. The molecule has 0 atom stereocenters. The topological polar surface area (TPSA) is 90.0 Å². The summed E-state index contributed by atoms with van der Waals surface area (Å²) in [4.78, 5) is 24.9. The second-order valence-electron chi connectivity index (χ2n) is 10.6. The first kappa shape index (κ1) is 31.4. The second kappa shape index (κ2) is 15.6. The predicted octanol–water partition coefficient (Wildman–Crippen LogP) is 7.09. The van der Waals surface area contributed by atoms with Gasteiger partial charge in [-0.1, -0.05) is 24.3 Å². The van der Waals surface area contributed by atoms with Gasteiger partial charge in [-0.2, -0.15) is 0 Å². The number of amides is 2. The summed E-state index contributed by atoms with van der Waals surface area (Å²) in [6.45, 7) is 6.05. The van der Waals surface area contributed by atoms with E-state index in [9.17, 15) is 9.59 Å². The summed E-state index contributed by atoms with van der Waals surface area (Å²) < 4.78 is 4.19. The average Bonchev–Trinajstić information content (AvgIpc) is 3.09. The molecule has 0 aliphatic heterocycles. The maximum absolute atomic E-state index is 12.5. The molecule has 0 radical (unpaired) electrons. The fourth-order valence-corrected chi connectivity index (χ4v) is 4.54. The van der Waals surface area contributed by atoms with Crippen molar-refractivity contribution in [2.75, 3.05) is 21.3 Å². The number of pyridine rings is 2. The van der Waals surface area contributed by atoms with Gasteiger partial charge in [-0.05, 0) is 85.7 Å². The van der Waals surface area contributed by atoms with E-state index in [0.717, 1.165) is 47.0 Å². The van der Waals surface area contributed by atoms with Gasteiger partial charge in [0.1, 0.15) is 13.1 Å². The molecular formula is C38H38N6O2+2. The molecule has 8 heteroatoms. The van der Waals surface area contributed by atoms with E-state index in [1.54, 1.807) is 12.2 Å². The lowest BCUT2D eigenvalue weighted by Gasteiger charge is -2.07. The zero-order valence-electron chi connectivity index (χ0n) is 26.0. The van der Waals surface area contributed by atoms with Gasteiger partial charge in [0.2, 0.25) is 11.8 Å². The number of hydrogen-bond donors (Lipinski definition) is 4. The molecule has 5 rings (SSSR count). The van der Waals surface area contributed by atoms with E-state index in [-0.39, 0.29) is 11.8 Å². The predicted molar refractivity (Wildman–Crippen MR) is 186 cm³/mol. The van der Waals surface area contributed by atoms with E-state index in [1.165, 1.54) is 12.2 Å². The molecule has 5 aromatic rings. The number of hydrogen-bond acceptors (Lipinski definition) is 4. The maximum atomic E-state index is 12.5. The first-order valence-corrected chi connectivity index (χ1v) is 15.3. The van der Waals surface area contributed by atoms with Gasteiger partial charge < -0.3 is 21.3 Å². The molecule has 0 spiro atoms. The van der Waals surface area contributed by atoms with Gasteiger partial charge in [0, 0.05) is 59.2 Å². The van der Waals surface area contributed by atoms with Gasteiger partial charge in [-0.15, -0.1) is 0 Å². The monoisotopic (exact) mass is 610 g/mol. The number of carbonyl (C=O) groups excluding carboxylic acids is 2. The zero-order chi connectivity index (χ0) is 32.1. The van der Waals surface area contributed by atoms with Gasteiger partial charge in [-0.25, -0.2) is 9.13 Å². The highest BCUT2D eigenvalue weighted by atomic mass is 16.2. The Kier molecular flexibility index (Phi) is 10.7. The van der Waals surface area contributed by atoms with Crippen molar-refractivity contribution in [3.8, 4) is 0 Å². The number of rotatable bonds is 12. The van der Waals surface area contributed by atoms with Crippen LogP contribution in [0.2, 0.25) is 0 Å². The first-order valence-electron chi connectivity index (χ1n) is 15.3. The minimum Gasteiger partial charge on any atom is -0.355 e. The summed E-state index contributed by atoms with van der Waals surface area (Å²) in [5.41, 5.74) is 7.03. The van der Waals surface area contributed by atoms with E-state index in [0.29, 0.717) is 11.4 Å². The van der Waals surface area contributed by atoms with Crippen molar-refractivity contribution in [3.05, 3.63) is 145 Å². The largest absolute Gasteiger partial charge is 0.355 e. The van der Waals surface area contributed by atoms with Crippen LogP contribution in [0.3, 0.4) is 0 Å². The molecule has 0 saturated heterocycles. The summed E-state index contributed by atoms with van der Waals surface area (Å²) in [6, 6.07) is 30.8. The van der Waals surface area contributed by atoms with Crippen LogP contribution >= 0.6 is 0 Å². The Morgan fingerprint density at radius 2 is 0.783 bits per heavy atom. The van der Waals surface area contributed by atoms with Crippen LogP contribution in [-0.4, -0.2) is 11.8 Å². The molecule has 0 aliphatic rings. The summed E-state index contributed by atoms with van der Waals surface area (Å²) in [6.07, 6.45) is 14.6. The summed E-state index contributed by atoms with van der Waals surface area (Å²) >= 11 is 0. The number of anilines is 6. The van der Waals surface area contributed by atoms with Crippen molar-refractivity contribution >= 4 is 58.1 Å². The van der Waals surface area contributed by atoms with Crippen LogP contribution in [-0.2, 0) is 22.7 Å². The standard InChI is InChI=1S/C38H36N6O2/c1-3-43-25-21-35(22-26-43)39-31-11-15-33(16-12-31)41-37(45)19-9-29-5-7-30(8-6-29)10-20-38(46)42-34-17-13-32(14-18-34)40-36-23-27-44(4-2)28-24-36/h5-28H,3-4H2,1-2H3,(H2,41,42,45,46)/p+2/b19-9+,20-10+. The van der Waals surface area contributed by atoms with E-state index in [4.69, 9.17) is 0 Å². The van der Waals surface area contributed by atoms with Gasteiger partial charge in [0.15, 0.2) is 24.8 Å². The van der Waals surface area contributed by atoms with E-state index in [2.05, 4.69) is 44.2 Å². The van der Waals surface area contributed by atoms with Crippen LogP contribution in [0, 0.1) is 0 Å². The molecule has 2 heterocycles. The number of aryl methyl sites for hydroxylation is 2. The third-order valence-electron chi connectivity index (χ3n) is 7.19. The third kappa shape index (κ3) is 9.49. The number of nitrogens with one attached hydrogen (secondary N) is 4. The highest BCUT2D eigenvalue weighted by Gasteiger charge is 2.03. The van der Waals surface area contributed by atoms with Crippen molar-refractivity contribution in [1.29, 1.82) is 0 Å². The SMILES string of the molecule is CC[n+]1ccc(Nc2ccc(NC(=O)/C=C/c3ccc(/C=C/C(=O)Nc4ccc(Nc5cc[n+](CC)cc5)cc4)cc3)cc2)cc1. The molecule has 0 saturated carbocycles. The Hall–Kier alpha value is -6.02. The van der Waals surface area contributed by atoms with Crippen LogP contribution in [0.5, 0.6) is 0 Å². The molecule has 2 amide bonds. The maximum Gasteiger partial charge on any atom is 0.248 e. The van der Waals surface area contributed by atoms with Crippen LogP contribution in [0.1, 0.15) is 25.0 Å². The van der Waals surface area contributed by atoms with Crippen molar-refractivity contribution < 1.29 is 18.7 Å².